The second kappa shape index (κ2) is 4.62. The zero-order valence-electron chi connectivity index (χ0n) is 7.04. The summed E-state index contributed by atoms with van der Waals surface area (Å²) >= 11 is 0. The van der Waals surface area contributed by atoms with Gasteiger partial charge in [-0.15, -0.1) is 6.42 Å². The van der Waals surface area contributed by atoms with Gasteiger partial charge in [0, 0.05) is 6.42 Å². The van der Waals surface area contributed by atoms with Gasteiger partial charge in [-0.05, 0) is 13.0 Å². The van der Waals surface area contributed by atoms with Crippen LogP contribution < -0.4 is 0 Å². The molecule has 2 heteroatoms. The van der Waals surface area contributed by atoms with Crippen molar-refractivity contribution in [2.24, 2.45) is 0 Å². The molecule has 0 rings (SSSR count). The summed E-state index contributed by atoms with van der Waals surface area (Å²) < 4.78 is 0. The van der Waals surface area contributed by atoms with Gasteiger partial charge in [0.15, 0.2) is 0 Å². The molecule has 2 unspecified atom stereocenters. The number of hydrogen-bond donors (Lipinski definition) is 2. The Kier molecular flexibility index (Phi) is 4.15. The molecule has 2 nitrogen and oxygen atoms in total. The second-order valence-electron chi connectivity index (χ2n) is 2.54. The molecule has 12 heavy (non-hydrogen) atoms. The van der Waals surface area contributed by atoms with Gasteiger partial charge in [0.1, 0.15) is 11.7 Å². The Hall–Kier alpha value is -1.22. The first-order valence-electron chi connectivity index (χ1n) is 3.52. The van der Waals surface area contributed by atoms with Gasteiger partial charge in [-0.1, -0.05) is 24.3 Å². The average molecular weight is 164 g/mol. The molecular formula is C10H12O2. The van der Waals surface area contributed by atoms with Crippen LogP contribution in [0.25, 0.3) is 0 Å². The number of hydrogen-bond acceptors (Lipinski definition) is 2. The van der Waals surface area contributed by atoms with Gasteiger partial charge in [-0.25, -0.2) is 0 Å². The summed E-state index contributed by atoms with van der Waals surface area (Å²) in [6.07, 6.45) is 5.53. The summed E-state index contributed by atoms with van der Waals surface area (Å²) in [7, 11) is 0. The maximum Gasteiger partial charge on any atom is 0.141 e. The summed E-state index contributed by atoms with van der Waals surface area (Å²) in [6.45, 7) is 4.90. The molecule has 0 aliphatic carbocycles. The van der Waals surface area contributed by atoms with Crippen molar-refractivity contribution in [3.8, 4) is 24.2 Å². The molecule has 0 aliphatic heterocycles. The summed E-state index contributed by atoms with van der Waals surface area (Å²) in [4.78, 5) is 0. The third-order valence-electron chi connectivity index (χ3n) is 1.23. The SMILES string of the molecule is C#CC(O)CC#CC(C)(O)C=C. The minimum atomic E-state index is -1.20. The quantitative estimate of drug-likeness (QED) is 0.455. The number of rotatable bonds is 2. The normalized spacial score (nSPS) is 16.2. The van der Waals surface area contributed by atoms with Crippen LogP contribution in [0.4, 0.5) is 0 Å². The minimum absolute atomic E-state index is 0.167. The van der Waals surface area contributed by atoms with Gasteiger partial charge < -0.3 is 10.2 Å². The van der Waals surface area contributed by atoms with E-state index in [2.05, 4.69) is 24.3 Å². The van der Waals surface area contributed by atoms with Crippen molar-refractivity contribution in [2.45, 2.75) is 25.0 Å². The Balaban J connectivity index is 4.07. The standard InChI is InChI=1S/C10H12O2/c1-4-9(11)7-6-8-10(3,12)5-2/h1,5,9,11-12H,2,7H2,3H3. The first-order chi connectivity index (χ1) is 5.52. The van der Waals surface area contributed by atoms with E-state index in [9.17, 15) is 5.11 Å². The lowest BCUT2D eigenvalue weighted by atomic mass is 10.1. The average Bonchev–Trinajstić information content (AvgIpc) is 2.04. The maximum atomic E-state index is 9.28. The lowest BCUT2D eigenvalue weighted by Crippen LogP contribution is -2.16. The van der Waals surface area contributed by atoms with Crippen LogP contribution in [0.2, 0.25) is 0 Å². The van der Waals surface area contributed by atoms with Crippen molar-refractivity contribution in [3.63, 3.8) is 0 Å². The zero-order valence-corrected chi connectivity index (χ0v) is 7.04. The van der Waals surface area contributed by atoms with Gasteiger partial charge in [0.25, 0.3) is 0 Å². The van der Waals surface area contributed by atoms with Crippen LogP contribution >= 0.6 is 0 Å². The lowest BCUT2D eigenvalue weighted by Gasteiger charge is -2.08. The third-order valence-corrected chi connectivity index (χ3v) is 1.23. The van der Waals surface area contributed by atoms with Crippen LogP contribution in [0, 0.1) is 24.2 Å². The Bertz CT molecular complexity index is 247. The van der Waals surface area contributed by atoms with E-state index in [0.717, 1.165) is 0 Å². The molecule has 0 spiro atoms. The Morgan fingerprint density at radius 2 is 2.33 bits per heavy atom. The Morgan fingerprint density at radius 1 is 1.75 bits per heavy atom. The number of aliphatic hydroxyl groups is 2. The molecule has 0 heterocycles. The van der Waals surface area contributed by atoms with Crippen LogP contribution in [0.15, 0.2) is 12.7 Å². The van der Waals surface area contributed by atoms with Crippen LogP contribution in [0.3, 0.4) is 0 Å². The predicted molar refractivity (Wildman–Crippen MR) is 48.1 cm³/mol. The minimum Gasteiger partial charge on any atom is -0.379 e. The molecule has 2 N–H and O–H groups in total. The van der Waals surface area contributed by atoms with E-state index in [1.807, 2.05) is 0 Å². The molecule has 0 radical (unpaired) electrons. The predicted octanol–water partition coefficient (Wildman–Crippen LogP) is 0.311. The molecule has 0 bridgehead atoms. The van der Waals surface area contributed by atoms with E-state index in [-0.39, 0.29) is 6.42 Å². The largest absolute Gasteiger partial charge is 0.379 e. The van der Waals surface area contributed by atoms with E-state index in [0.29, 0.717) is 0 Å². The fourth-order valence-corrected chi connectivity index (χ4v) is 0.437. The summed E-state index contributed by atoms with van der Waals surface area (Å²) in [6, 6.07) is 0. The Labute approximate surface area is 72.9 Å². The van der Waals surface area contributed by atoms with E-state index in [4.69, 9.17) is 11.5 Å². The molecule has 0 saturated heterocycles. The molecule has 0 aromatic carbocycles. The molecule has 2 atom stereocenters. The van der Waals surface area contributed by atoms with Crippen molar-refractivity contribution < 1.29 is 10.2 Å². The molecule has 64 valence electrons. The highest BCUT2D eigenvalue weighted by atomic mass is 16.3. The highest BCUT2D eigenvalue weighted by molar-refractivity contribution is 5.20. The first-order valence-corrected chi connectivity index (χ1v) is 3.52. The fourth-order valence-electron chi connectivity index (χ4n) is 0.437. The summed E-state index contributed by atoms with van der Waals surface area (Å²) in [5.41, 5.74) is -1.20. The van der Waals surface area contributed by atoms with Crippen LogP contribution in [0.1, 0.15) is 13.3 Å². The van der Waals surface area contributed by atoms with Crippen molar-refractivity contribution in [1.29, 1.82) is 0 Å². The number of terminal acetylenes is 1. The topological polar surface area (TPSA) is 40.5 Å². The summed E-state index contributed by atoms with van der Waals surface area (Å²) in [5, 5.41) is 18.2. The maximum absolute atomic E-state index is 9.28. The highest BCUT2D eigenvalue weighted by Gasteiger charge is 2.09. The molecule has 0 saturated carbocycles. The van der Waals surface area contributed by atoms with E-state index >= 15 is 0 Å². The zero-order chi connectivity index (χ0) is 9.61. The lowest BCUT2D eigenvalue weighted by molar-refractivity contribution is 0.174. The molecule has 0 aromatic heterocycles. The second-order valence-corrected chi connectivity index (χ2v) is 2.54. The fraction of sp³-hybridized carbons (Fsp3) is 0.400. The van der Waals surface area contributed by atoms with Crippen LogP contribution in [0.5, 0.6) is 0 Å². The van der Waals surface area contributed by atoms with Crippen molar-refractivity contribution in [1.82, 2.24) is 0 Å². The van der Waals surface area contributed by atoms with Crippen LogP contribution in [-0.4, -0.2) is 21.9 Å². The van der Waals surface area contributed by atoms with Crippen molar-refractivity contribution in [3.05, 3.63) is 12.7 Å². The van der Waals surface area contributed by atoms with Gasteiger partial charge in [0.05, 0.1) is 0 Å². The molecule has 0 aromatic rings. The smallest absolute Gasteiger partial charge is 0.141 e. The van der Waals surface area contributed by atoms with Crippen molar-refractivity contribution in [2.75, 3.05) is 0 Å². The highest BCUT2D eigenvalue weighted by Crippen LogP contribution is 2.01. The Morgan fingerprint density at radius 3 is 2.75 bits per heavy atom. The van der Waals surface area contributed by atoms with E-state index < -0.39 is 11.7 Å². The van der Waals surface area contributed by atoms with Gasteiger partial charge >= 0.3 is 0 Å². The van der Waals surface area contributed by atoms with Crippen LogP contribution in [-0.2, 0) is 0 Å². The van der Waals surface area contributed by atoms with E-state index in [1.165, 1.54) is 13.0 Å². The molecule has 0 fully saturated rings. The van der Waals surface area contributed by atoms with Gasteiger partial charge in [0.2, 0.25) is 0 Å². The monoisotopic (exact) mass is 164 g/mol. The molecular weight excluding hydrogens is 152 g/mol. The first kappa shape index (κ1) is 10.8. The third kappa shape index (κ3) is 4.57. The van der Waals surface area contributed by atoms with Gasteiger partial charge in [-0.2, -0.15) is 0 Å². The molecule has 0 amide bonds. The number of aliphatic hydroxyl groups excluding tert-OH is 1. The van der Waals surface area contributed by atoms with E-state index in [1.54, 1.807) is 0 Å². The van der Waals surface area contributed by atoms with Gasteiger partial charge in [-0.3, -0.25) is 0 Å². The summed E-state index contributed by atoms with van der Waals surface area (Å²) in [5.74, 6) is 7.18. The van der Waals surface area contributed by atoms with Crippen molar-refractivity contribution >= 4 is 0 Å². The molecule has 0 aliphatic rings.